The molecule has 0 saturated carbocycles. The first-order valence-electron chi connectivity index (χ1n) is 5.50. The van der Waals surface area contributed by atoms with Crippen molar-refractivity contribution in [2.24, 2.45) is 7.05 Å². The number of nitrogen functional groups attached to an aromatic ring is 1. The predicted molar refractivity (Wildman–Crippen MR) is 63.7 cm³/mol. The highest BCUT2D eigenvalue weighted by atomic mass is 16.2. The number of aryl methyl sites for hydroxylation is 2. The van der Waals surface area contributed by atoms with Gasteiger partial charge in [0.2, 0.25) is 0 Å². The summed E-state index contributed by atoms with van der Waals surface area (Å²) < 4.78 is 0. The van der Waals surface area contributed by atoms with E-state index in [9.17, 15) is 4.79 Å². The maximum absolute atomic E-state index is 11.9. The maximum Gasteiger partial charge on any atom is 0.280 e. The summed E-state index contributed by atoms with van der Waals surface area (Å²) in [5.41, 5.74) is 7.10. The standard InChI is InChI=1S/C9H14N8O/c1-3-4-5-6(10)7(13-12-5)8(18)11-9-14-16-17(2)15-9/h3-4,10H2,1-2H3,(H,12,13)(H,11,15,18). The molecule has 0 atom stereocenters. The minimum Gasteiger partial charge on any atom is -0.395 e. The van der Waals surface area contributed by atoms with Crippen LogP contribution in [0.1, 0.15) is 29.5 Å². The van der Waals surface area contributed by atoms with Crippen molar-refractivity contribution in [2.75, 3.05) is 11.1 Å². The number of hydrogen-bond donors (Lipinski definition) is 3. The van der Waals surface area contributed by atoms with E-state index in [0.717, 1.165) is 18.5 Å². The number of anilines is 2. The molecule has 2 aromatic rings. The minimum atomic E-state index is -0.459. The van der Waals surface area contributed by atoms with Gasteiger partial charge in [0.15, 0.2) is 5.69 Å². The van der Waals surface area contributed by atoms with Gasteiger partial charge in [0, 0.05) is 0 Å². The molecule has 0 aliphatic rings. The molecule has 0 aromatic carbocycles. The normalized spacial score (nSPS) is 10.6. The van der Waals surface area contributed by atoms with Gasteiger partial charge in [-0.15, -0.1) is 5.10 Å². The first-order chi connectivity index (χ1) is 8.61. The summed E-state index contributed by atoms with van der Waals surface area (Å²) in [6, 6.07) is 0. The summed E-state index contributed by atoms with van der Waals surface area (Å²) in [5.74, 6) is -0.346. The molecule has 9 nitrogen and oxygen atoms in total. The average molecular weight is 250 g/mol. The van der Waals surface area contributed by atoms with E-state index in [1.807, 2.05) is 6.92 Å². The minimum absolute atomic E-state index is 0.113. The van der Waals surface area contributed by atoms with Crippen LogP contribution >= 0.6 is 0 Å². The van der Waals surface area contributed by atoms with E-state index in [2.05, 4.69) is 30.9 Å². The topological polar surface area (TPSA) is 127 Å². The molecule has 9 heteroatoms. The third-order valence-corrected chi connectivity index (χ3v) is 2.33. The largest absolute Gasteiger partial charge is 0.395 e. The highest BCUT2D eigenvalue weighted by Crippen LogP contribution is 2.16. The number of rotatable bonds is 4. The number of amides is 1. The zero-order valence-corrected chi connectivity index (χ0v) is 10.1. The predicted octanol–water partition coefficient (Wildman–Crippen LogP) is -0.280. The Morgan fingerprint density at radius 2 is 2.33 bits per heavy atom. The molecule has 0 radical (unpaired) electrons. The quantitative estimate of drug-likeness (QED) is 0.684. The molecule has 0 spiro atoms. The molecule has 18 heavy (non-hydrogen) atoms. The van der Waals surface area contributed by atoms with Crippen LogP contribution in [0.2, 0.25) is 0 Å². The molecule has 4 N–H and O–H groups in total. The summed E-state index contributed by atoms with van der Waals surface area (Å²) in [6.07, 6.45) is 1.66. The van der Waals surface area contributed by atoms with Gasteiger partial charge in [0.25, 0.3) is 11.9 Å². The van der Waals surface area contributed by atoms with E-state index in [1.54, 1.807) is 7.05 Å². The molecule has 0 aliphatic heterocycles. The number of nitrogens with two attached hydrogens (primary N) is 1. The average Bonchev–Trinajstić information content (AvgIpc) is 2.87. The van der Waals surface area contributed by atoms with Crippen molar-refractivity contribution < 1.29 is 4.79 Å². The Kier molecular flexibility index (Phi) is 3.22. The van der Waals surface area contributed by atoms with Gasteiger partial charge in [-0.3, -0.25) is 15.2 Å². The van der Waals surface area contributed by atoms with Gasteiger partial charge in [-0.25, -0.2) is 0 Å². The summed E-state index contributed by atoms with van der Waals surface area (Å²) in [4.78, 5) is 13.1. The zero-order valence-electron chi connectivity index (χ0n) is 10.1. The summed E-state index contributed by atoms with van der Waals surface area (Å²) >= 11 is 0. The fraction of sp³-hybridized carbons (Fsp3) is 0.444. The van der Waals surface area contributed by atoms with Gasteiger partial charge in [-0.05, 0) is 11.6 Å². The van der Waals surface area contributed by atoms with Crippen LogP contribution in [-0.4, -0.2) is 36.3 Å². The monoisotopic (exact) mass is 250 g/mol. The number of aromatic nitrogens is 6. The Labute approximate surface area is 103 Å². The number of tetrazole rings is 1. The fourth-order valence-electron chi connectivity index (χ4n) is 1.50. The lowest BCUT2D eigenvalue weighted by Crippen LogP contribution is -2.15. The highest BCUT2D eigenvalue weighted by Gasteiger charge is 2.18. The van der Waals surface area contributed by atoms with E-state index in [-0.39, 0.29) is 11.6 Å². The lowest BCUT2D eigenvalue weighted by atomic mass is 10.2. The van der Waals surface area contributed by atoms with Crippen molar-refractivity contribution in [1.29, 1.82) is 0 Å². The highest BCUT2D eigenvalue weighted by molar-refractivity contribution is 6.05. The summed E-state index contributed by atoms with van der Waals surface area (Å²) in [7, 11) is 1.60. The number of nitrogens with one attached hydrogen (secondary N) is 2. The van der Waals surface area contributed by atoms with E-state index < -0.39 is 5.91 Å². The molecule has 0 unspecified atom stereocenters. The third-order valence-electron chi connectivity index (χ3n) is 2.33. The van der Waals surface area contributed by atoms with Gasteiger partial charge in [-0.2, -0.15) is 9.90 Å². The van der Waals surface area contributed by atoms with Gasteiger partial charge >= 0.3 is 0 Å². The van der Waals surface area contributed by atoms with Crippen LogP contribution in [0, 0.1) is 0 Å². The van der Waals surface area contributed by atoms with Crippen molar-refractivity contribution in [2.45, 2.75) is 19.8 Å². The first-order valence-corrected chi connectivity index (χ1v) is 5.50. The van der Waals surface area contributed by atoms with Crippen LogP contribution in [0.25, 0.3) is 0 Å². The molecule has 0 aliphatic carbocycles. The van der Waals surface area contributed by atoms with Gasteiger partial charge in [0.05, 0.1) is 18.4 Å². The van der Waals surface area contributed by atoms with E-state index >= 15 is 0 Å². The van der Waals surface area contributed by atoms with Crippen molar-refractivity contribution in [1.82, 2.24) is 30.4 Å². The number of hydrogen-bond acceptors (Lipinski definition) is 6. The third kappa shape index (κ3) is 2.29. The van der Waals surface area contributed by atoms with Crippen LogP contribution in [0.3, 0.4) is 0 Å². The van der Waals surface area contributed by atoms with E-state index in [4.69, 9.17) is 5.73 Å². The molecule has 2 heterocycles. The summed E-state index contributed by atoms with van der Waals surface area (Å²) in [5, 5.41) is 20.2. The molecule has 0 fully saturated rings. The Bertz CT molecular complexity index is 557. The van der Waals surface area contributed by atoms with Gasteiger partial charge < -0.3 is 5.73 Å². The van der Waals surface area contributed by atoms with Crippen LogP contribution in [-0.2, 0) is 13.5 Å². The smallest absolute Gasteiger partial charge is 0.280 e. The zero-order chi connectivity index (χ0) is 13.1. The van der Waals surface area contributed by atoms with Crippen molar-refractivity contribution in [3.63, 3.8) is 0 Å². The van der Waals surface area contributed by atoms with Gasteiger partial charge in [0.1, 0.15) is 0 Å². The Hall–Kier alpha value is -2.45. The van der Waals surface area contributed by atoms with Gasteiger partial charge in [-0.1, -0.05) is 18.4 Å². The molecule has 2 aromatic heterocycles. The van der Waals surface area contributed by atoms with Crippen LogP contribution < -0.4 is 11.1 Å². The molecule has 96 valence electrons. The van der Waals surface area contributed by atoms with E-state index in [0.29, 0.717) is 5.69 Å². The summed E-state index contributed by atoms with van der Waals surface area (Å²) in [6.45, 7) is 2.02. The van der Waals surface area contributed by atoms with Crippen molar-refractivity contribution in [3.05, 3.63) is 11.4 Å². The fourth-order valence-corrected chi connectivity index (χ4v) is 1.50. The lowest BCUT2D eigenvalue weighted by molar-refractivity contribution is 0.102. The SMILES string of the molecule is CCCc1[nH]nc(C(=O)Nc2nnn(C)n2)c1N. The number of nitrogens with zero attached hydrogens (tertiary/aromatic N) is 5. The number of carbonyl (C=O) groups excluding carboxylic acids is 1. The maximum atomic E-state index is 11.9. The number of H-pyrrole nitrogens is 1. The first kappa shape index (κ1) is 12.0. The van der Waals surface area contributed by atoms with Crippen molar-refractivity contribution >= 4 is 17.5 Å². The van der Waals surface area contributed by atoms with Crippen LogP contribution in [0.15, 0.2) is 0 Å². The van der Waals surface area contributed by atoms with Crippen molar-refractivity contribution in [3.8, 4) is 0 Å². The second kappa shape index (κ2) is 4.82. The second-order valence-corrected chi connectivity index (χ2v) is 3.77. The molecule has 2 rings (SSSR count). The van der Waals surface area contributed by atoms with Crippen LogP contribution in [0.5, 0.6) is 0 Å². The Morgan fingerprint density at radius 1 is 1.56 bits per heavy atom. The molecule has 0 saturated heterocycles. The Morgan fingerprint density at radius 3 is 2.94 bits per heavy atom. The molecule has 1 amide bonds. The Balaban J connectivity index is 2.14. The molecule has 0 bridgehead atoms. The molecular formula is C9H14N8O. The number of aromatic amines is 1. The van der Waals surface area contributed by atoms with Crippen LogP contribution in [0.4, 0.5) is 11.6 Å². The number of carbonyl (C=O) groups is 1. The lowest BCUT2D eigenvalue weighted by Gasteiger charge is -1.98. The van der Waals surface area contributed by atoms with E-state index in [1.165, 1.54) is 4.80 Å². The molecular weight excluding hydrogens is 236 g/mol. The second-order valence-electron chi connectivity index (χ2n) is 3.77.